The van der Waals surface area contributed by atoms with Gasteiger partial charge in [-0.1, -0.05) is 50.2 Å². The number of hydrogen-bond donors (Lipinski definition) is 0. The maximum Gasteiger partial charge on any atom is 0.292 e. The van der Waals surface area contributed by atoms with E-state index in [1.165, 1.54) is 0 Å². The summed E-state index contributed by atoms with van der Waals surface area (Å²) in [4.78, 5) is 15.1. The lowest BCUT2D eigenvalue weighted by molar-refractivity contribution is -0.256. The molecule has 2 aromatic rings. The second-order valence-corrected chi connectivity index (χ2v) is 7.71. The Hall–Kier alpha value is -2.37. The lowest BCUT2D eigenvalue weighted by atomic mass is 10.1. The van der Waals surface area contributed by atoms with Crippen LogP contribution in [-0.2, 0) is 26.6 Å². The molecular formula is C23H27NO4. The van der Waals surface area contributed by atoms with E-state index in [0.717, 1.165) is 35.4 Å². The first-order valence-electron chi connectivity index (χ1n) is 10.0. The molecular weight excluding hydrogens is 354 g/mol. The topological polar surface area (TPSA) is 48.0 Å². The van der Waals surface area contributed by atoms with Crippen LogP contribution in [0.4, 0.5) is 5.69 Å². The van der Waals surface area contributed by atoms with E-state index >= 15 is 0 Å². The second-order valence-electron chi connectivity index (χ2n) is 7.71. The number of amides is 1. The summed E-state index contributed by atoms with van der Waals surface area (Å²) in [7, 11) is 0. The molecule has 1 amide bonds. The number of nitrogens with zero attached hydrogens (tertiary/aromatic N) is 1. The maximum absolute atomic E-state index is 13.4. The van der Waals surface area contributed by atoms with Crippen molar-refractivity contribution in [3.8, 4) is 5.75 Å². The molecule has 4 rings (SSSR count). The first-order valence-corrected chi connectivity index (χ1v) is 10.0. The van der Waals surface area contributed by atoms with Crippen LogP contribution in [-0.4, -0.2) is 25.7 Å². The van der Waals surface area contributed by atoms with Crippen LogP contribution in [0, 0.1) is 5.92 Å². The Bertz CT molecular complexity index is 842. The highest BCUT2D eigenvalue weighted by Crippen LogP contribution is 2.45. The van der Waals surface area contributed by atoms with Crippen LogP contribution in [0.25, 0.3) is 0 Å². The Morgan fingerprint density at radius 1 is 1.07 bits per heavy atom. The van der Waals surface area contributed by atoms with Gasteiger partial charge >= 0.3 is 0 Å². The van der Waals surface area contributed by atoms with Gasteiger partial charge < -0.3 is 19.1 Å². The molecule has 2 aromatic carbocycles. The van der Waals surface area contributed by atoms with Crippen molar-refractivity contribution in [2.45, 2.75) is 39.0 Å². The standard InChI is InChI=1S/C23H27NO4/c1-17(2)12-15-26-21-11-6-3-8-18(21)16-24-20-10-5-4-9-19(20)23(22(24)25)27-13-7-14-28-23/h3-6,8-11,17H,7,12-16H2,1-2H3. The molecule has 5 heteroatoms. The quantitative estimate of drug-likeness (QED) is 0.751. The normalized spacial score (nSPS) is 18.0. The van der Waals surface area contributed by atoms with Gasteiger partial charge in [-0.3, -0.25) is 4.79 Å². The van der Waals surface area contributed by atoms with Gasteiger partial charge in [0.05, 0.1) is 32.1 Å². The summed E-state index contributed by atoms with van der Waals surface area (Å²) in [6, 6.07) is 15.6. The average molecular weight is 381 g/mol. The van der Waals surface area contributed by atoms with E-state index in [0.29, 0.717) is 32.3 Å². The lowest BCUT2D eigenvalue weighted by Crippen LogP contribution is -2.47. The SMILES string of the molecule is CC(C)CCOc1ccccc1CN1C(=O)C2(OCCCO2)c2ccccc21. The van der Waals surface area contributed by atoms with Crippen molar-refractivity contribution in [3.63, 3.8) is 0 Å². The Morgan fingerprint density at radius 2 is 1.79 bits per heavy atom. The second kappa shape index (κ2) is 7.94. The zero-order valence-corrected chi connectivity index (χ0v) is 16.5. The number of ether oxygens (including phenoxy) is 3. The molecule has 0 aliphatic carbocycles. The fraction of sp³-hybridized carbons (Fsp3) is 0.435. The Balaban J connectivity index is 1.61. The molecule has 0 aromatic heterocycles. The number of anilines is 1. The highest BCUT2D eigenvalue weighted by molar-refractivity contribution is 6.06. The minimum atomic E-state index is -1.30. The molecule has 1 fully saturated rings. The van der Waals surface area contributed by atoms with Gasteiger partial charge in [0.2, 0.25) is 0 Å². The van der Waals surface area contributed by atoms with Crippen molar-refractivity contribution in [2.24, 2.45) is 5.92 Å². The predicted octanol–water partition coefficient (Wildman–Crippen LogP) is 4.25. The first-order chi connectivity index (χ1) is 13.6. The lowest BCUT2D eigenvalue weighted by Gasteiger charge is -2.32. The van der Waals surface area contributed by atoms with Crippen molar-refractivity contribution in [1.82, 2.24) is 0 Å². The van der Waals surface area contributed by atoms with E-state index in [-0.39, 0.29) is 5.91 Å². The number of fused-ring (bicyclic) bond motifs is 2. The van der Waals surface area contributed by atoms with E-state index < -0.39 is 5.79 Å². The van der Waals surface area contributed by atoms with Crippen LogP contribution < -0.4 is 9.64 Å². The number of para-hydroxylation sites is 2. The molecule has 0 radical (unpaired) electrons. The molecule has 148 valence electrons. The Labute approximate surface area is 166 Å². The fourth-order valence-electron chi connectivity index (χ4n) is 3.71. The summed E-state index contributed by atoms with van der Waals surface area (Å²) < 4.78 is 17.8. The Kier molecular flexibility index (Phi) is 5.38. The van der Waals surface area contributed by atoms with Gasteiger partial charge in [-0.2, -0.15) is 0 Å². The molecule has 0 unspecified atom stereocenters. The van der Waals surface area contributed by atoms with Crippen LogP contribution in [0.15, 0.2) is 48.5 Å². The van der Waals surface area contributed by atoms with Crippen LogP contribution in [0.1, 0.15) is 37.8 Å². The molecule has 2 aliphatic rings. The van der Waals surface area contributed by atoms with Gasteiger partial charge in [-0.25, -0.2) is 0 Å². The predicted molar refractivity (Wildman–Crippen MR) is 107 cm³/mol. The van der Waals surface area contributed by atoms with Crippen molar-refractivity contribution in [2.75, 3.05) is 24.7 Å². The summed E-state index contributed by atoms with van der Waals surface area (Å²) in [6.07, 6.45) is 1.79. The summed E-state index contributed by atoms with van der Waals surface area (Å²) in [5.41, 5.74) is 2.60. The fourth-order valence-corrected chi connectivity index (χ4v) is 3.71. The molecule has 0 N–H and O–H groups in total. The first kappa shape index (κ1) is 19.0. The summed E-state index contributed by atoms with van der Waals surface area (Å²) in [5, 5.41) is 0. The minimum Gasteiger partial charge on any atom is -0.493 e. The van der Waals surface area contributed by atoms with Crippen molar-refractivity contribution in [3.05, 3.63) is 59.7 Å². The van der Waals surface area contributed by atoms with Gasteiger partial charge in [0.25, 0.3) is 11.7 Å². The van der Waals surface area contributed by atoms with E-state index in [1.807, 2.05) is 48.5 Å². The van der Waals surface area contributed by atoms with Gasteiger partial charge in [-0.15, -0.1) is 0 Å². The third-order valence-corrected chi connectivity index (χ3v) is 5.23. The minimum absolute atomic E-state index is 0.162. The number of carbonyl (C=O) groups excluding carboxylic acids is 1. The van der Waals surface area contributed by atoms with Crippen molar-refractivity contribution < 1.29 is 19.0 Å². The third-order valence-electron chi connectivity index (χ3n) is 5.23. The number of rotatable bonds is 6. The summed E-state index contributed by atoms with van der Waals surface area (Å²) in [6.45, 7) is 6.47. The number of carbonyl (C=O) groups is 1. The van der Waals surface area contributed by atoms with Crippen LogP contribution in [0.5, 0.6) is 5.75 Å². The largest absolute Gasteiger partial charge is 0.493 e. The van der Waals surface area contributed by atoms with Crippen molar-refractivity contribution >= 4 is 11.6 Å². The van der Waals surface area contributed by atoms with Gasteiger partial charge in [-0.05, 0) is 30.9 Å². The van der Waals surface area contributed by atoms with E-state index in [1.54, 1.807) is 4.90 Å². The number of benzene rings is 2. The zero-order valence-electron chi connectivity index (χ0n) is 16.5. The van der Waals surface area contributed by atoms with Crippen LogP contribution in [0.2, 0.25) is 0 Å². The van der Waals surface area contributed by atoms with Crippen LogP contribution >= 0.6 is 0 Å². The summed E-state index contributed by atoms with van der Waals surface area (Å²) >= 11 is 0. The monoisotopic (exact) mass is 381 g/mol. The number of hydrogen-bond acceptors (Lipinski definition) is 4. The molecule has 0 saturated carbocycles. The Morgan fingerprint density at radius 3 is 2.57 bits per heavy atom. The van der Waals surface area contributed by atoms with Crippen LogP contribution in [0.3, 0.4) is 0 Å². The van der Waals surface area contributed by atoms with E-state index in [4.69, 9.17) is 14.2 Å². The summed E-state index contributed by atoms with van der Waals surface area (Å²) in [5.74, 6) is -0.0626. The molecule has 2 aliphatic heterocycles. The smallest absolute Gasteiger partial charge is 0.292 e. The molecule has 5 nitrogen and oxygen atoms in total. The van der Waals surface area contributed by atoms with Gasteiger partial charge in [0, 0.05) is 11.1 Å². The third kappa shape index (κ3) is 3.40. The van der Waals surface area contributed by atoms with E-state index in [2.05, 4.69) is 13.8 Å². The zero-order chi connectivity index (χ0) is 19.6. The molecule has 1 saturated heterocycles. The molecule has 1 spiro atoms. The van der Waals surface area contributed by atoms with Gasteiger partial charge in [0.1, 0.15) is 5.75 Å². The van der Waals surface area contributed by atoms with E-state index in [9.17, 15) is 4.79 Å². The molecule has 2 heterocycles. The molecule has 0 atom stereocenters. The highest BCUT2D eigenvalue weighted by atomic mass is 16.7. The highest BCUT2D eigenvalue weighted by Gasteiger charge is 2.54. The van der Waals surface area contributed by atoms with Crippen molar-refractivity contribution in [1.29, 1.82) is 0 Å². The van der Waals surface area contributed by atoms with Gasteiger partial charge in [0.15, 0.2) is 0 Å². The molecule has 0 bridgehead atoms. The average Bonchev–Trinajstić information content (AvgIpc) is 2.93. The molecule has 28 heavy (non-hydrogen) atoms. The maximum atomic E-state index is 13.4.